The number of nitriles is 1. The molecule has 0 aliphatic carbocycles. The Hall–Kier alpha value is -1.27. The normalized spacial score (nSPS) is 10.9. The predicted octanol–water partition coefficient (Wildman–Crippen LogP) is 3.65. The Morgan fingerprint density at radius 1 is 1.38 bits per heavy atom. The van der Waals surface area contributed by atoms with Crippen LogP contribution in [0.25, 0.3) is 0 Å². The Morgan fingerprint density at radius 2 is 2.00 bits per heavy atom. The fourth-order valence-corrected chi connectivity index (χ4v) is 2.46. The summed E-state index contributed by atoms with van der Waals surface area (Å²) in [5.74, 6) is 0.0382. The maximum Gasteiger partial charge on any atom is 0.160 e. The van der Waals surface area contributed by atoms with Crippen molar-refractivity contribution >= 4 is 17.5 Å². The molecule has 0 N–H and O–H groups in total. The molecule has 0 saturated heterocycles. The third kappa shape index (κ3) is 3.39. The minimum atomic E-state index is 0.0261. The lowest BCUT2D eigenvalue weighted by molar-refractivity contribution is 0.101. The number of nitrogens with zero attached hydrogens (tertiary/aromatic N) is 1. The van der Waals surface area contributed by atoms with Gasteiger partial charge in [0.1, 0.15) is 0 Å². The van der Waals surface area contributed by atoms with Crippen molar-refractivity contribution in [3.8, 4) is 6.07 Å². The maximum atomic E-state index is 11.5. The van der Waals surface area contributed by atoms with Crippen LogP contribution in [0, 0.1) is 11.3 Å². The second kappa shape index (κ2) is 4.71. The summed E-state index contributed by atoms with van der Waals surface area (Å²) in [4.78, 5) is 12.3. The molecule has 0 aliphatic rings. The summed E-state index contributed by atoms with van der Waals surface area (Å²) in [6.07, 6.45) is 0. The van der Waals surface area contributed by atoms with E-state index in [0.717, 1.165) is 4.90 Å². The van der Waals surface area contributed by atoms with E-state index in [1.165, 1.54) is 0 Å². The zero-order valence-corrected chi connectivity index (χ0v) is 10.8. The summed E-state index contributed by atoms with van der Waals surface area (Å²) in [6, 6.07) is 7.29. The van der Waals surface area contributed by atoms with Gasteiger partial charge in [0.15, 0.2) is 5.78 Å². The Kier molecular flexibility index (Phi) is 3.77. The third-order valence-electron chi connectivity index (χ3n) is 1.91. The molecule has 0 atom stereocenters. The molecule has 84 valence electrons. The summed E-state index contributed by atoms with van der Waals surface area (Å²) in [6.45, 7) is 7.80. The van der Waals surface area contributed by atoms with Gasteiger partial charge in [-0.2, -0.15) is 5.26 Å². The monoisotopic (exact) mass is 233 g/mol. The van der Waals surface area contributed by atoms with Crippen molar-refractivity contribution in [1.82, 2.24) is 0 Å². The van der Waals surface area contributed by atoms with E-state index >= 15 is 0 Å². The fourth-order valence-electron chi connectivity index (χ4n) is 1.30. The number of thioether (sulfide) groups is 1. The lowest BCUT2D eigenvalue weighted by Crippen LogP contribution is -2.08. The highest BCUT2D eigenvalue weighted by Crippen LogP contribution is 2.34. The van der Waals surface area contributed by atoms with Crippen LogP contribution in [0.15, 0.2) is 23.1 Å². The average Bonchev–Trinajstić information content (AvgIpc) is 2.14. The third-order valence-corrected chi connectivity index (χ3v) is 3.08. The van der Waals surface area contributed by atoms with Crippen LogP contribution in [0.4, 0.5) is 0 Å². The van der Waals surface area contributed by atoms with Crippen LogP contribution in [0.1, 0.15) is 43.6 Å². The van der Waals surface area contributed by atoms with E-state index in [9.17, 15) is 4.79 Å². The van der Waals surface area contributed by atoms with Gasteiger partial charge in [0.05, 0.1) is 11.6 Å². The largest absolute Gasteiger partial charge is 0.294 e. The molecule has 1 aromatic carbocycles. The number of carbonyl (C=O) groups excluding carboxylic acids is 1. The molecule has 0 spiro atoms. The van der Waals surface area contributed by atoms with Crippen LogP contribution in [0.2, 0.25) is 0 Å². The van der Waals surface area contributed by atoms with E-state index in [-0.39, 0.29) is 10.5 Å². The lowest BCUT2D eigenvalue weighted by atomic mass is 10.1. The zero-order chi connectivity index (χ0) is 12.3. The van der Waals surface area contributed by atoms with E-state index < -0.39 is 0 Å². The molecule has 1 rings (SSSR count). The molecule has 0 heterocycles. The molecule has 0 radical (unpaired) electrons. The predicted molar refractivity (Wildman–Crippen MR) is 66.8 cm³/mol. The highest BCUT2D eigenvalue weighted by atomic mass is 32.2. The first-order valence-corrected chi connectivity index (χ1v) is 5.89. The average molecular weight is 233 g/mol. The van der Waals surface area contributed by atoms with Crippen molar-refractivity contribution in [1.29, 1.82) is 5.26 Å². The van der Waals surface area contributed by atoms with E-state index in [1.807, 2.05) is 0 Å². The first-order valence-electron chi connectivity index (χ1n) is 5.07. The van der Waals surface area contributed by atoms with E-state index in [0.29, 0.717) is 11.1 Å². The van der Waals surface area contributed by atoms with Gasteiger partial charge in [0.25, 0.3) is 0 Å². The number of benzene rings is 1. The Morgan fingerprint density at radius 3 is 2.44 bits per heavy atom. The Bertz CT molecular complexity index is 452. The second-order valence-electron chi connectivity index (χ2n) is 4.59. The Balaban J connectivity index is 3.22. The molecule has 3 heteroatoms. The molecule has 0 amide bonds. The van der Waals surface area contributed by atoms with Gasteiger partial charge in [-0.1, -0.05) is 20.8 Å². The summed E-state index contributed by atoms with van der Waals surface area (Å²) >= 11 is 1.61. The van der Waals surface area contributed by atoms with Crippen LogP contribution in [-0.2, 0) is 0 Å². The molecule has 16 heavy (non-hydrogen) atoms. The standard InChI is InChI=1S/C13H15NOS/c1-9(15)11-6-5-10(8-14)7-12(11)16-13(2,3)4/h5-7H,1-4H3. The number of hydrogen-bond acceptors (Lipinski definition) is 3. The second-order valence-corrected chi connectivity index (χ2v) is 6.46. The van der Waals surface area contributed by atoms with E-state index in [1.54, 1.807) is 36.9 Å². The van der Waals surface area contributed by atoms with Gasteiger partial charge in [-0.25, -0.2) is 0 Å². The number of rotatable bonds is 2. The smallest absolute Gasteiger partial charge is 0.160 e. The molecule has 0 aromatic heterocycles. The number of carbonyl (C=O) groups is 1. The van der Waals surface area contributed by atoms with Gasteiger partial charge in [0, 0.05) is 15.2 Å². The van der Waals surface area contributed by atoms with Gasteiger partial charge in [-0.15, -0.1) is 11.8 Å². The SMILES string of the molecule is CC(=O)c1ccc(C#N)cc1SC(C)(C)C. The zero-order valence-electron chi connectivity index (χ0n) is 10.00. The van der Waals surface area contributed by atoms with Crippen LogP contribution in [-0.4, -0.2) is 10.5 Å². The lowest BCUT2D eigenvalue weighted by Gasteiger charge is -2.19. The molecule has 0 saturated carbocycles. The molecule has 2 nitrogen and oxygen atoms in total. The summed E-state index contributed by atoms with van der Waals surface area (Å²) < 4.78 is 0.0261. The highest BCUT2D eigenvalue weighted by molar-refractivity contribution is 8.00. The van der Waals surface area contributed by atoms with Gasteiger partial charge in [0.2, 0.25) is 0 Å². The van der Waals surface area contributed by atoms with Gasteiger partial charge in [-0.05, 0) is 25.1 Å². The van der Waals surface area contributed by atoms with Crippen LogP contribution >= 0.6 is 11.8 Å². The number of hydrogen-bond donors (Lipinski definition) is 0. The maximum absolute atomic E-state index is 11.5. The van der Waals surface area contributed by atoms with Crippen molar-refractivity contribution in [2.24, 2.45) is 0 Å². The van der Waals surface area contributed by atoms with Crippen molar-refractivity contribution in [2.45, 2.75) is 37.3 Å². The summed E-state index contributed by atoms with van der Waals surface area (Å²) in [5.41, 5.74) is 1.29. The van der Waals surface area contributed by atoms with Crippen LogP contribution < -0.4 is 0 Å². The van der Waals surface area contributed by atoms with Crippen molar-refractivity contribution in [3.05, 3.63) is 29.3 Å². The Labute approximate surface area is 101 Å². The molecule has 1 aromatic rings. The fraction of sp³-hybridized carbons (Fsp3) is 0.385. The van der Waals surface area contributed by atoms with E-state index in [2.05, 4.69) is 26.8 Å². The molecular weight excluding hydrogens is 218 g/mol. The first kappa shape index (κ1) is 12.8. The van der Waals surface area contributed by atoms with Crippen molar-refractivity contribution in [3.63, 3.8) is 0 Å². The molecular formula is C13H15NOS. The molecule has 0 fully saturated rings. The van der Waals surface area contributed by atoms with Crippen molar-refractivity contribution in [2.75, 3.05) is 0 Å². The molecule has 0 unspecified atom stereocenters. The number of ketones is 1. The summed E-state index contributed by atoms with van der Waals surface area (Å²) in [5, 5.41) is 8.85. The molecule has 0 bridgehead atoms. The topological polar surface area (TPSA) is 40.9 Å². The highest BCUT2D eigenvalue weighted by Gasteiger charge is 2.17. The van der Waals surface area contributed by atoms with Crippen molar-refractivity contribution < 1.29 is 4.79 Å². The quantitative estimate of drug-likeness (QED) is 0.578. The van der Waals surface area contributed by atoms with Gasteiger partial charge >= 0.3 is 0 Å². The van der Waals surface area contributed by atoms with Gasteiger partial charge in [-0.3, -0.25) is 4.79 Å². The van der Waals surface area contributed by atoms with Gasteiger partial charge < -0.3 is 0 Å². The number of Topliss-reactive ketones (excluding diaryl/α,β-unsaturated/α-hetero) is 1. The minimum Gasteiger partial charge on any atom is -0.294 e. The molecule has 0 aliphatic heterocycles. The summed E-state index contributed by atoms with van der Waals surface area (Å²) in [7, 11) is 0. The van der Waals surface area contributed by atoms with Crippen LogP contribution in [0.3, 0.4) is 0 Å². The van der Waals surface area contributed by atoms with Crippen LogP contribution in [0.5, 0.6) is 0 Å². The van der Waals surface area contributed by atoms with E-state index in [4.69, 9.17) is 5.26 Å². The minimum absolute atomic E-state index is 0.0261. The first-order chi connectivity index (χ1) is 7.33.